The molecule has 0 aliphatic rings. The van der Waals surface area contributed by atoms with Gasteiger partial charge in [0, 0.05) is 24.8 Å². The number of amides is 1. The molecule has 0 aliphatic carbocycles. The molecule has 2 aromatic heterocycles. The first kappa shape index (κ1) is 16.7. The third-order valence-corrected chi connectivity index (χ3v) is 3.84. The molecule has 0 bridgehead atoms. The number of aromatic nitrogens is 4. The van der Waals surface area contributed by atoms with E-state index >= 15 is 0 Å². The SMILES string of the molecule is Cc1c(CNC(=O)C(C)Cn2nc([N+](=O)[O-])cc2C)cnn1C. The van der Waals surface area contributed by atoms with E-state index in [9.17, 15) is 14.9 Å². The van der Waals surface area contributed by atoms with Crippen molar-refractivity contribution < 1.29 is 9.72 Å². The summed E-state index contributed by atoms with van der Waals surface area (Å²) in [4.78, 5) is 22.4. The predicted octanol–water partition coefficient (Wildman–Crippen LogP) is 1.09. The number of aryl methyl sites for hydroxylation is 2. The minimum atomic E-state index is -0.542. The molecule has 1 unspecified atom stereocenters. The van der Waals surface area contributed by atoms with Crippen LogP contribution in [0.25, 0.3) is 0 Å². The highest BCUT2D eigenvalue weighted by Gasteiger charge is 2.20. The van der Waals surface area contributed by atoms with Crippen LogP contribution in [-0.4, -0.2) is 30.4 Å². The van der Waals surface area contributed by atoms with E-state index in [1.54, 1.807) is 24.7 Å². The second-order valence-corrected chi connectivity index (χ2v) is 5.58. The molecule has 1 atom stereocenters. The number of nitro groups is 1. The van der Waals surface area contributed by atoms with Crippen molar-refractivity contribution in [3.8, 4) is 0 Å². The second-order valence-electron chi connectivity index (χ2n) is 5.58. The summed E-state index contributed by atoms with van der Waals surface area (Å²) in [6.45, 7) is 6.12. The van der Waals surface area contributed by atoms with Crippen LogP contribution in [0, 0.1) is 29.9 Å². The van der Waals surface area contributed by atoms with Crippen molar-refractivity contribution in [2.24, 2.45) is 13.0 Å². The largest absolute Gasteiger partial charge is 0.390 e. The Bertz CT molecular complexity index is 733. The summed E-state index contributed by atoms with van der Waals surface area (Å²) in [6, 6.07) is 1.39. The van der Waals surface area contributed by atoms with Gasteiger partial charge in [0.05, 0.1) is 35.5 Å². The van der Waals surface area contributed by atoms with Crippen LogP contribution in [-0.2, 0) is 24.9 Å². The summed E-state index contributed by atoms with van der Waals surface area (Å²) in [7, 11) is 1.84. The Morgan fingerprint density at radius 3 is 2.70 bits per heavy atom. The molecule has 0 aliphatic heterocycles. The molecule has 0 radical (unpaired) electrons. The van der Waals surface area contributed by atoms with Gasteiger partial charge >= 0.3 is 5.82 Å². The van der Waals surface area contributed by atoms with Crippen LogP contribution in [0.3, 0.4) is 0 Å². The number of hydrogen-bond donors (Lipinski definition) is 1. The molecule has 9 heteroatoms. The first-order valence-electron chi connectivity index (χ1n) is 7.23. The number of nitrogens with zero attached hydrogens (tertiary/aromatic N) is 5. The molecule has 1 amide bonds. The smallest absolute Gasteiger partial charge is 0.358 e. The molecule has 2 rings (SSSR count). The van der Waals surface area contributed by atoms with Crippen LogP contribution in [0.15, 0.2) is 12.3 Å². The minimum absolute atomic E-state index is 0.134. The Morgan fingerprint density at radius 2 is 2.17 bits per heavy atom. The summed E-state index contributed by atoms with van der Waals surface area (Å²) < 4.78 is 3.23. The van der Waals surface area contributed by atoms with Crippen LogP contribution >= 0.6 is 0 Å². The highest BCUT2D eigenvalue weighted by Crippen LogP contribution is 2.13. The van der Waals surface area contributed by atoms with Crippen LogP contribution in [0.2, 0.25) is 0 Å². The maximum Gasteiger partial charge on any atom is 0.390 e. The Balaban J connectivity index is 1.95. The summed E-state index contributed by atoms with van der Waals surface area (Å²) in [5.41, 5.74) is 2.61. The zero-order valence-corrected chi connectivity index (χ0v) is 13.6. The maximum absolute atomic E-state index is 12.2. The first-order valence-corrected chi connectivity index (χ1v) is 7.23. The lowest BCUT2D eigenvalue weighted by Crippen LogP contribution is -2.31. The van der Waals surface area contributed by atoms with Crippen LogP contribution in [0.5, 0.6) is 0 Å². The highest BCUT2D eigenvalue weighted by molar-refractivity contribution is 5.78. The molecule has 0 fully saturated rings. The fourth-order valence-corrected chi connectivity index (χ4v) is 2.18. The Hall–Kier alpha value is -2.71. The molecule has 9 nitrogen and oxygen atoms in total. The zero-order valence-electron chi connectivity index (χ0n) is 13.6. The Kier molecular flexibility index (Phi) is 4.77. The van der Waals surface area contributed by atoms with Crippen molar-refractivity contribution in [3.05, 3.63) is 39.3 Å². The maximum atomic E-state index is 12.2. The molecule has 124 valence electrons. The third-order valence-electron chi connectivity index (χ3n) is 3.84. The Morgan fingerprint density at radius 1 is 1.48 bits per heavy atom. The van der Waals surface area contributed by atoms with Gasteiger partial charge in [-0.05, 0) is 18.8 Å². The summed E-state index contributed by atoms with van der Waals surface area (Å²) in [5.74, 6) is -0.697. The van der Waals surface area contributed by atoms with E-state index in [-0.39, 0.29) is 24.2 Å². The number of nitrogens with one attached hydrogen (secondary N) is 1. The minimum Gasteiger partial charge on any atom is -0.358 e. The molecule has 2 heterocycles. The fraction of sp³-hybridized carbons (Fsp3) is 0.500. The topological polar surface area (TPSA) is 108 Å². The molecule has 0 aromatic carbocycles. The van der Waals surface area contributed by atoms with E-state index in [0.717, 1.165) is 11.3 Å². The van der Waals surface area contributed by atoms with E-state index in [4.69, 9.17) is 0 Å². The molecule has 0 saturated heterocycles. The van der Waals surface area contributed by atoms with Gasteiger partial charge in [-0.25, -0.2) is 0 Å². The average molecular weight is 320 g/mol. The van der Waals surface area contributed by atoms with E-state index in [2.05, 4.69) is 15.5 Å². The summed E-state index contributed by atoms with van der Waals surface area (Å²) >= 11 is 0. The van der Waals surface area contributed by atoms with Gasteiger partial charge in [0.2, 0.25) is 5.91 Å². The Labute approximate surface area is 133 Å². The third kappa shape index (κ3) is 3.74. The lowest BCUT2D eigenvalue weighted by Gasteiger charge is -2.11. The molecular weight excluding hydrogens is 300 g/mol. The summed E-state index contributed by atoms with van der Waals surface area (Å²) in [5, 5.41) is 21.6. The van der Waals surface area contributed by atoms with Gasteiger partial charge in [0.15, 0.2) is 0 Å². The van der Waals surface area contributed by atoms with Crippen molar-refractivity contribution in [1.29, 1.82) is 0 Å². The molecule has 2 aromatic rings. The molecule has 0 saturated carbocycles. The standard InChI is InChI=1S/C14H20N6O3/c1-9(8-19-10(2)5-13(17-19)20(22)23)14(21)15-6-12-7-16-18(4)11(12)3/h5,7,9H,6,8H2,1-4H3,(H,15,21). The van der Waals surface area contributed by atoms with Gasteiger partial charge in [0.25, 0.3) is 0 Å². The molecule has 1 N–H and O–H groups in total. The number of hydrogen-bond acceptors (Lipinski definition) is 5. The van der Waals surface area contributed by atoms with Gasteiger partial charge in [-0.15, -0.1) is 0 Å². The molecular formula is C14H20N6O3. The van der Waals surface area contributed by atoms with Gasteiger partial charge in [-0.2, -0.15) is 9.78 Å². The number of rotatable bonds is 6. The van der Waals surface area contributed by atoms with Crippen molar-refractivity contribution in [2.75, 3.05) is 0 Å². The lowest BCUT2D eigenvalue weighted by molar-refractivity contribution is -0.389. The predicted molar refractivity (Wildman–Crippen MR) is 82.6 cm³/mol. The zero-order chi connectivity index (χ0) is 17.1. The van der Waals surface area contributed by atoms with Crippen LogP contribution < -0.4 is 5.32 Å². The monoisotopic (exact) mass is 320 g/mol. The first-order chi connectivity index (χ1) is 10.8. The van der Waals surface area contributed by atoms with Crippen molar-refractivity contribution >= 4 is 11.7 Å². The van der Waals surface area contributed by atoms with E-state index < -0.39 is 4.92 Å². The fourth-order valence-electron chi connectivity index (χ4n) is 2.18. The van der Waals surface area contributed by atoms with Gasteiger partial charge < -0.3 is 15.4 Å². The lowest BCUT2D eigenvalue weighted by atomic mass is 10.1. The van der Waals surface area contributed by atoms with Crippen LogP contribution in [0.4, 0.5) is 5.82 Å². The molecule has 0 spiro atoms. The van der Waals surface area contributed by atoms with Gasteiger partial charge in [0.1, 0.15) is 0 Å². The van der Waals surface area contributed by atoms with Crippen molar-refractivity contribution in [2.45, 2.75) is 33.9 Å². The van der Waals surface area contributed by atoms with Gasteiger partial charge in [-0.3, -0.25) is 9.48 Å². The van der Waals surface area contributed by atoms with Crippen molar-refractivity contribution in [1.82, 2.24) is 24.9 Å². The highest BCUT2D eigenvalue weighted by atomic mass is 16.6. The summed E-state index contributed by atoms with van der Waals surface area (Å²) in [6.07, 6.45) is 1.72. The quantitative estimate of drug-likeness (QED) is 0.633. The number of carbonyl (C=O) groups is 1. The van der Waals surface area contributed by atoms with E-state index in [0.29, 0.717) is 12.2 Å². The van der Waals surface area contributed by atoms with Gasteiger partial charge in [-0.1, -0.05) is 6.92 Å². The van der Waals surface area contributed by atoms with E-state index in [1.807, 2.05) is 14.0 Å². The molecule has 23 heavy (non-hydrogen) atoms. The van der Waals surface area contributed by atoms with Crippen molar-refractivity contribution in [3.63, 3.8) is 0 Å². The van der Waals surface area contributed by atoms with Crippen LogP contribution in [0.1, 0.15) is 23.9 Å². The number of carbonyl (C=O) groups excluding carboxylic acids is 1. The second kappa shape index (κ2) is 6.59. The average Bonchev–Trinajstić information content (AvgIpc) is 3.01. The van der Waals surface area contributed by atoms with E-state index in [1.165, 1.54) is 10.7 Å². The normalized spacial score (nSPS) is 12.2.